The van der Waals surface area contributed by atoms with Crippen molar-refractivity contribution in [3.63, 3.8) is 0 Å². The van der Waals surface area contributed by atoms with Gasteiger partial charge in [-0.1, -0.05) is 26.7 Å². The van der Waals surface area contributed by atoms with Crippen molar-refractivity contribution in [3.8, 4) is 0 Å². The van der Waals surface area contributed by atoms with Gasteiger partial charge < -0.3 is 15.7 Å². The second-order valence-corrected chi connectivity index (χ2v) is 6.81. The van der Waals surface area contributed by atoms with Gasteiger partial charge in [0.05, 0.1) is 0 Å². The van der Waals surface area contributed by atoms with Crippen LogP contribution in [0.1, 0.15) is 49.9 Å². The molecule has 6 nitrogen and oxygen atoms in total. The van der Waals surface area contributed by atoms with Crippen LogP contribution in [0.4, 0.5) is 5.69 Å². The summed E-state index contributed by atoms with van der Waals surface area (Å²) in [6, 6.07) is 6.43. The van der Waals surface area contributed by atoms with Gasteiger partial charge in [0, 0.05) is 16.7 Å². The third kappa shape index (κ3) is 4.34. The van der Waals surface area contributed by atoms with E-state index in [1.54, 1.807) is 24.3 Å². The topological polar surface area (TPSA) is 95.5 Å². The number of aliphatic carboxylic acids is 1. The molecule has 2 rings (SSSR count). The van der Waals surface area contributed by atoms with Gasteiger partial charge in [-0.25, -0.2) is 0 Å². The average molecular weight is 332 g/mol. The quantitative estimate of drug-likeness (QED) is 0.746. The Bertz CT molecular complexity index is 616. The van der Waals surface area contributed by atoms with Crippen LogP contribution >= 0.6 is 0 Å². The minimum Gasteiger partial charge on any atom is -0.480 e. The van der Waals surface area contributed by atoms with Gasteiger partial charge in [-0.15, -0.1) is 0 Å². The van der Waals surface area contributed by atoms with E-state index in [9.17, 15) is 14.4 Å². The monoisotopic (exact) mass is 332 g/mol. The molecule has 0 saturated heterocycles. The Morgan fingerprint density at radius 1 is 1.12 bits per heavy atom. The third-order valence-corrected chi connectivity index (χ3v) is 4.77. The predicted molar refractivity (Wildman–Crippen MR) is 90.8 cm³/mol. The minimum absolute atomic E-state index is 0.0162. The Balaban J connectivity index is 1.96. The Labute approximate surface area is 141 Å². The number of hydrogen-bond acceptors (Lipinski definition) is 3. The molecular weight excluding hydrogens is 308 g/mol. The molecule has 1 aromatic rings. The van der Waals surface area contributed by atoms with Crippen molar-refractivity contribution in [2.24, 2.45) is 11.3 Å². The van der Waals surface area contributed by atoms with Gasteiger partial charge in [0.1, 0.15) is 6.54 Å². The summed E-state index contributed by atoms with van der Waals surface area (Å²) in [7, 11) is 0. The van der Waals surface area contributed by atoms with E-state index in [1.807, 2.05) is 13.8 Å². The zero-order valence-corrected chi connectivity index (χ0v) is 14.1. The lowest BCUT2D eigenvalue weighted by Gasteiger charge is -2.30. The highest BCUT2D eigenvalue weighted by molar-refractivity contribution is 5.98. The van der Waals surface area contributed by atoms with Crippen molar-refractivity contribution in [3.05, 3.63) is 29.8 Å². The van der Waals surface area contributed by atoms with Gasteiger partial charge >= 0.3 is 5.97 Å². The predicted octanol–water partition coefficient (Wildman–Crippen LogP) is 2.66. The Hall–Kier alpha value is -2.37. The molecule has 1 aromatic carbocycles. The lowest BCUT2D eigenvalue weighted by atomic mass is 9.77. The first-order valence-corrected chi connectivity index (χ1v) is 8.22. The zero-order chi connectivity index (χ0) is 17.7. The van der Waals surface area contributed by atoms with E-state index in [2.05, 4.69) is 10.6 Å². The van der Waals surface area contributed by atoms with Gasteiger partial charge in [-0.05, 0) is 43.0 Å². The van der Waals surface area contributed by atoms with Gasteiger partial charge in [0.25, 0.3) is 5.91 Å². The van der Waals surface area contributed by atoms with Crippen LogP contribution in [0.25, 0.3) is 0 Å². The standard InChI is InChI=1S/C18H24N2O4/c1-18(2,13-5-3-4-6-13)17(24)20-14-9-7-12(8-10-14)16(23)19-11-15(21)22/h7-10,13H,3-6,11H2,1-2H3,(H,19,23)(H,20,24)(H,21,22). The summed E-state index contributed by atoms with van der Waals surface area (Å²) in [5, 5.41) is 13.8. The zero-order valence-electron chi connectivity index (χ0n) is 14.1. The van der Waals surface area contributed by atoms with Crippen LogP contribution in [0.3, 0.4) is 0 Å². The first-order valence-electron chi connectivity index (χ1n) is 8.22. The van der Waals surface area contributed by atoms with E-state index in [0.717, 1.165) is 12.8 Å². The number of amides is 2. The molecule has 0 aliphatic heterocycles. The summed E-state index contributed by atoms with van der Waals surface area (Å²) in [6.45, 7) is 3.53. The first-order chi connectivity index (χ1) is 11.3. The van der Waals surface area contributed by atoms with Crippen LogP contribution < -0.4 is 10.6 Å². The Morgan fingerprint density at radius 3 is 2.25 bits per heavy atom. The van der Waals surface area contributed by atoms with E-state index in [-0.39, 0.29) is 5.91 Å². The highest BCUT2D eigenvalue weighted by Gasteiger charge is 2.38. The van der Waals surface area contributed by atoms with Crippen molar-refractivity contribution >= 4 is 23.5 Å². The smallest absolute Gasteiger partial charge is 0.322 e. The number of anilines is 1. The molecule has 1 saturated carbocycles. The van der Waals surface area contributed by atoms with Crippen LogP contribution in [0, 0.1) is 11.3 Å². The van der Waals surface area contributed by atoms with Gasteiger partial charge in [0.2, 0.25) is 5.91 Å². The molecule has 2 amide bonds. The van der Waals surface area contributed by atoms with E-state index < -0.39 is 23.8 Å². The lowest BCUT2D eigenvalue weighted by molar-refractivity contribution is -0.135. The average Bonchev–Trinajstić information content (AvgIpc) is 3.08. The molecule has 0 spiro atoms. The molecule has 3 N–H and O–H groups in total. The molecular formula is C18H24N2O4. The number of nitrogens with one attached hydrogen (secondary N) is 2. The highest BCUT2D eigenvalue weighted by Crippen LogP contribution is 2.40. The van der Waals surface area contributed by atoms with Gasteiger partial charge in [-0.3, -0.25) is 14.4 Å². The maximum absolute atomic E-state index is 12.6. The van der Waals surface area contributed by atoms with Crippen molar-refractivity contribution in [1.82, 2.24) is 5.32 Å². The second-order valence-electron chi connectivity index (χ2n) is 6.81. The molecule has 0 unspecified atom stereocenters. The van der Waals surface area contributed by atoms with E-state index >= 15 is 0 Å². The number of carbonyl (C=O) groups excluding carboxylic acids is 2. The SMILES string of the molecule is CC(C)(C(=O)Nc1ccc(C(=O)NCC(=O)O)cc1)C1CCCC1. The third-order valence-electron chi connectivity index (χ3n) is 4.77. The van der Waals surface area contributed by atoms with Crippen molar-refractivity contribution in [2.45, 2.75) is 39.5 Å². The number of rotatable bonds is 6. The minimum atomic E-state index is -1.10. The summed E-state index contributed by atoms with van der Waals surface area (Å²) in [4.78, 5) is 34.8. The van der Waals surface area contributed by atoms with Crippen LogP contribution in [0.15, 0.2) is 24.3 Å². The van der Waals surface area contributed by atoms with Crippen molar-refractivity contribution in [2.75, 3.05) is 11.9 Å². The van der Waals surface area contributed by atoms with E-state index in [1.165, 1.54) is 12.8 Å². The summed E-state index contributed by atoms with van der Waals surface area (Å²) in [5.41, 5.74) is 0.554. The Morgan fingerprint density at radius 2 is 1.71 bits per heavy atom. The molecule has 130 valence electrons. The number of carboxylic acids is 1. The second kappa shape index (κ2) is 7.47. The lowest BCUT2D eigenvalue weighted by Crippen LogP contribution is -2.36. The van der Waals surface area contributed by atoms with Crippen LogP contribution in [0.5, 0.6) is 0 Å². The molecule has 0 aromatic heterocycles. The fraction of sp³-hybridized carbons (Fsp3) is 0.500. The van der Waals surface area contributed by atoms with Crippen LogP contribution in [0.2, 0.25) is 0 Å². The summed E-state index contributed by atoms with van der Waals surface area (Å²) < 4.78 is 0. The highest BCUT2D eigenvalue weighted by atomic mass is 16.4. The number of benzene rings is 1. The molecule has 6 heteroatoms. The van der Waals surface area contributed by atoms with Gasteiger partial charge in [0.15, 0.2) is 0 Å². The molecule has 24 heavy (non-hydrogen) atoms. The molecule has 0 bridgehead atoms. The maximum atomic E-state index is 12.6. The van der Waals surface area contributed by atoms with Crippen LogP contribution in [-0.2, 0) is 9.59 Å². The fourth-order valence-electron chi connectivity index (χ4n) is 3.09. The van der Waals surface area contributed by atoms with E-state index in [0.29, 0.717) is 17.2 Å². The molecule has 1 aliphatic rings. The normalized spacial score (nSPS) is 15.1. The Kier molecular flexibility index (Phi) is 5.59. The maximum Gasteiger partial charge on any atom is 0.322 e. The largest absolute Gasteiger partial charge is 0.480 e. The molecule has 0 radical (unpaired) electrons. The summed E-state index contributed by atoms with van der Waals surface area (Å²) in [5.74, 6) is -1.17. The molecule has 0 atom stereocenters. The van der Waals surface area contributed by atoms with Crippen molar-refractivity contribution < 1.29 is 19.5 Å². The molecule has 1 aliphatic carbocycles. The van der Waals surface area contributed by atoms with Gasteiger partial charge in [-0.2, -0.15) is 0 Å². The fourth-order valence-corrected chi connectivity index (χ4v) is 3.09. The van der Waals surface area contributed by atoms with Crippen LogP contribution in [-0.4, -0.2) is 29.4 Å². The summed E-state index contributed by atoms with van der Waals surface area (Å²) in [6.07, 6.45) is 4.54. The molecule has 0 heterocycles. The van der Waals surface area contributed by atoms with E-state index in [4.69, 9.17) is 5.11 Å². The molecule has 1 fully saturated rings. The summed E-state index contributed by atoms with van der Waals surface area (Å²) >= 11 is 0. The number of carboxylic acid groups (broad SMARTS) is 1. The number of carbonyl (C=O) groups is 3. The number of hydrogen-bond donors (Lipinski definition) is 3. The first kappa shape index (κ1) is 18.0. The van der Waals surface area contributed by atoms with Crippen molar-refractivity contribution in [1.29, 1.82) is 0 Å².